The van der Waals surface area contributed by atoms with E-state index in [-0.39, 0.29) is 22.5 Å². The highest BCUT2D eigenvalue weighted by atomic mass is 16.6. The zero-order chi connectivity index (χ0) is 25.4. The number of Topliss-reactive ketones (excluding diaryl/α,β-unsaturated/α-hetero) is 2. The van der Waals surface area contributed by atoms with Gasteiger partial charge in [0.1, 0.15) is 0 Å². The number of nitro groups is 1. The van der Waals surface area contributed by atoms with Crippen LogP contribution in [-0.2, 0) is 14.3 Å². The molecule has 1 aliphatic carbocycles. The molecule has 0 aromatic heterocycles. The van der Waals surface area contributed by atoms with E-state index in [2.05, 4.69) is 0 Å². The Hall–Kier alpha value is -4.50. The maximum atomic E-state index is 13.9. The minimum absolute atomic E-state index is 0.00168. The van der Waals surface area contributed by atoms with E-state index in [0.29, 0.717) is 5.56 Å². The molecule has 6 rings (SSSR count). The van der Waals surface area contributed by atoms with Crippen LogP contribution in [0.1, 0.15) is 37.9 Å². The van der Waals surface area contributed by atoms with Crippen molar-refractivity contribution in [2.75, 3.05) is 4.90 Å². The maximum Gasteiger partial charge on any atom is 0.271 e. The van der Waals surface area contributed by atoms with Crippen molar-refractivity contribution in [1.82, 2.24) is 0 Å². The molecule has 0 radical (unpaired) electrons. The van der Waals surface area contributed by atoms with Crippen molar-refractivity contribution in [2.45, 2.75) is 18.6 Å². The zero-order valence-corrected chi connectivity index (χ0v) is 18.9. The number of aryl methyl sites for hydroxylation is 1. The summed E-state index contributed by atoms with van der Waals surface area (Å²) in [5.74, 6) is -5.37. The number of hydrogen-bond acceptors (Lipinski definition) is 7. The molecule has 0 unspecified atom stereocenters. The molecule has 178 valence electrons. The Bertz CT molecular complexity index is 1480. The van der Waals surface area contributed by atoms with Crippen LogP contribution in [0.3, 0.4) is 0 Å². The number of rotatable bonds is 3. The molecule has 3 aromatic rings. The Balaban J connectivity index is 1.54. The molecule has 1 spiro atoms. The molecule has 2 amide bonds. The first kappa shape index (κ1) is 22.0. The predicted molar refractivity (Wildman–Crippen MR) is 125 cm³/mol. The topological polar surface area (TPSA) is 124 Å². The maximum absolute atomic E-state index is 13.9. The van der Waals surface area contributed by atoms with E-state index in [9.17, 15) is 29.3 Å². The minimum atomic E-state index is -2.19. The highest BCUT2D eigenvalue weighted by Gasteiger charge is 2.74. The number of carbonyl (C=O) groups is 4. The van der Waals surface area contributed by atoms with Crippen molar-refractivity contribution in [3.05, 3.63) is 105 Å². The number of nitrogens with zero attached hydrogens (tertiary/aromatic N) is 2. The first-order valence-electron chi connectivity index (χ1n) is 11.3. The first-order valence-corrected chi connectivity index (χ1v) is 11.3. The Morgan fingerprint density at radius 2 is 1.50 bits per heavy atom. The molecule has 9 nitrogen and oxygen atoms in total. The number of amides is 2. The van der Waals surface area contributed by atoms with Gasteiger partial charge in [-0.05, 0) is 18.6 Å². The van der Waals surface area contributed by atoms with Crippen molar-refractivity contribution in [3.8, 4) is 0 Å². The molecule has 3 aliphatic rings. The predicted octanol–water partition coefficient (Wildman–Crippen LogP) is 3.60. The third-order valence-corrected chi connectivity index (χ3v) is 7.22. The minimum Gasteiger partial charge on any atom is -0.349 e. The second kappa shape index (κ2) is 7.50. The monoisotopic (exact) mass is 482 g/mol. The lowest BCUT2D eigenvalue weighted by atomic mass is 9.77. The van der Waals surface area contributed by atoms with E-state index in [4.69, 9.17) is 4.74 Å². The first-order chi connectivity index (χ1) is 17.3. The van der Waals surface area contributed by atoms with E-state index >= 15 is 0 Å². The number of carbonyl (C=O) groups excluding carboxylic acids is 4. The van der Waals surface area contributed by atoms with E-state index < -0.39 is 51.8 Å². The normalized spacial score (nSPS) is 23.9. The summed E-state index contributed by atoms with van der Waals surface area (Å²) < 4.78 is 6.22. The van der Waals surface area contributed by atoms with Gasteiger partial charge in [-0.15, -0.1) is 0 Å². The van der Waals surface area contributed by atoms with Gasteiger partial charge in [0.15, 0.2) is 0 Å². The van der Waals surface area contributed by atoms with Crippen molar-refractivity contribution in [2.24, 2.45) is 11.8 Å². The van der Waals surface area contributed by atoms with Gasteiger partial charge in [0.2, 0.25) is 29.0 Å². The summed E-state index contributed by atoms with van der Waals surface area (Å²) >= 11 is 0. The number of hydrogen-bond donors (Lipinski definition) is 0. The van der Waals surface area contributed by atoms with Crippen LogP contribution >= 0.6 is 0 Å². The van der Waals surface area contributed by atoms with Gasteiger partial charge in [-0.1, -0.05) is 60.2 Å². The third kappa shape index (κ3) is 2.74. The average Bonchev–Trinajstić information content (AvgIpc) is 3.44. The lowest BCUT2D eigenvalue weighted by Crippen LogP contribution is -2.51. The van der Waals surface area contributed by atoms with Crippen molar-refractivity contribution in [3.63, 3.8) is 0 Å². The smallest absolute Gasteiger partial charge is 0.271 e. The molecule has 0 bridgehead atoms. The van der Waals surface area contributed by atoms with Crippen LogP contribution in [0.5, 0.6) is 0 Å². The zero-order valence-electron chi connectivity index (χ0n) is 18.9. The highest BCUT2D eigenvalue weighted by Crippen LogP contribution is 2.57. The largest absolute Gasteiger partial charge is 0.349 e. The number of ketones is 2. The number of non-ortho nitro benzene ring substituents is 1. The summed E-state index contributed by atoms with van der Waals surface area (Å²) in [5.41, 5.74) is -0.707. The van der Waals surface area contributed by atoms with E-state index in [1.165, 1.54) is 30.3 Å². The van der Waals surface area contributed by atoms with Gasteiger partial charge in [-0.3, -0.25) is 29.3 Å². The molecule has 0 saturated carbocycles. The standard InChI is InChI=1S/C27H18N2O7/c1-14-9-11-15(12-10-14)22-20-21(27(36-22)23(30)18-7-2-3-8-19(18)24(27)31)26(33)28(25(20)32)16-5-4-6-17(13-16)29(34)35/h2-13,20-22H,1H3/t20-,21+,22+/m1/s1. The molecule has 2 heterocycles. The number of fused-ring (bicyclic) bond motifs is 3. The van der Waals surface area contributed by atoms with Gasteiger partial charge >= 0.3 is 0 Å². The summed E-state index contributed by atoms with van der Waals surface area (Å²) in [4.78, 5) is 66.6. The van der Waals surface area contributed by atoms with Crippen LogP contribution in [-0.4, -0.2) is 33.9 Å². The van der Waals surface area contributed by atoms with Gasteiger partial charge in [0.05, 0.1) is 28.6 Å². The van der Waals surface area contributed by atoms with Crippen LogP contribution < -0.4 is 4.90 Å². The lowest BCUT2D eigenvalue weighted by Gasteiger charge is -2.27. The van der Waals surface area contributed by atoms with Crippen LogP contribution in [0.15, 0.2) is 72.8 Å². The Labute approximate surface area is 204 Å². The number of nitro benzene ring substituents is 1. The summed E-state index contributed by atoms with van der Waals surface area (Å²) in [6.45, 7) is 1.89. The summed E-state index contributed by atoms with van der Waals surface area (Å²) in [7, 11) is 0. The fourth-order valence-electron chi connectivity index (χ4n) is 5.57. The molecule has 2 saturated heterocycles. The van der Waals surface area contributed by atoms with E-state index in [1.54, 1.807) is 24.3 Å². The molecular formula is C27H18N2O7. The van der Waals surface area contributed by atoms with Crippen LogP contribution in [0.25, 0.3) is 0 Å². The van der Waals surface area contributed by atoms with Crippen LogP contribution in [0, 0.1) is 28.9 Å². The molecule has 2 aliphatic heterocycles. The Morgan fingerprint density at radius 3 is 2.11 bits per heavy atom. The highest BCUT2D eigenvalue weighted by molar-refractivity contribution is 6.37. The van der Waals surface area contributed by atoms with Gasteiger partial charge in [-0.2, -0.15) is 0 Å². The summed E-state index contributed by atoms with van der Waals surface area (Å²) in [6, 6.07) is 18.5. The second-order valence-corrected chi connectivity index (χ2v) is 9.18. The van der Waals surface area contributed by atoms with Crippen LogP contribution in [0.4, 0.5) is 11.4 Å². The number of imide groups is 1. The number of anilines is 1. The molecule has 2 fully saturated rings. The van der Waals surface area contributed by atoms with Crippen molar-refractivity contribution >= 4 is 34.8 Å². The fraction of sp³-hybridized carbons (Fsp3) is 0.185. The Morgan fingerprint density at radius 1 is 0.861 bits per heavy atom. The summed E-state index contributed by atoms with van der Waals surface area (Å²) in [6.07, 6.45) is -1.04. The second-order valence-electron chi connectivity index (χ2n) is 9.18. The van der Waals surface area contributed by atoms with Gasteiger partial charge < -0.3 is 4.74 Å². The van der Waals surface area contributed by atoms with E-state index in [1.807, 2.05) is 19.1 Å². The molecule has 0 N–H and O–H groups in total. The average molecular weight is 482 g/mol. The molecule has 36 heavy (non-hydrogen) atoms. The molecule has 3 aromatic carbocycles. The third-order valence-electron chi connectivity index (χ3n) is 7.22. The Kier molecular flexibility index (Phi) is 4.58. The van der Waals surface area contributed by atoms with Crippen LogP contribution in [0.2, 0.25) is 0 Å². The fourth-order valence-corrected chi connectivity index (χ4v) is 5.57. The van der Waals surface area contributed by atoms with Gasteiger partial charge in [-0.25, -0.2) is 4.90 Å². The molecular weight excluding hydrogens is 464 g/mol. The van der Waals surface area contributed by atoms with Crippen molar-refractivity contribution < 1.29 is 28.8 Å². The molecule has 9 heteroatoms. The van der Waals surface area contributed by atoms with Gasteiger partial charge in [0.25, 0.3) is 5.69 Å². The number of benzene rings is 3. The summed E-state index contributed by atoms with van der Waals surface area (Å²) in [5, 5.41) is 11.3. The SMILES string of the molecule is Cc1ccc([C@@H]2OC3(C(=O)c4ccccc4C3=O)[C@@H]3C(=O)N(c4cccc([N+](=O)[O-])c4)C(=O)[C@H]32)cc1. The van der Waals surface area contributed by atoms with Crippen molar-refractivity contribution in [1.29, 1.82) is 0 Å². The lowest BCUT2D eigenvalue weighted by molar-refractivity contribution is -0.384. The number of ether oxygens (including phenoxy) is 1. The van der Waals surface area contributed by atoms with Gasteiger partial charge in [0, 0.05) is 23.3 Å². The quantitative estimate of drug-likeness (QED) is 0.242. The van der Waals surface area contributed by atoms with E-state index in [0.717, 1.165) is 16.5 Å². The molecule has 3 atom stereocenters.